The molecule has 14 heavy (non-hydrogen) atoms. The van der Waals surface area contributed by atoms with Crippen LogP contribution in [0.15, 0.2) is 23.3 Å². The highest BCUT2D eigenvalue weighted by Gasteiger charge is 2.16. The molecule has 0 heterocycles. The third-order valence-electron chi connectivity index (χ3n) is 2.28. The average molecular weight is 194 g/mol. The number of rotatable bonds is 1. The van der Waals surface area contributed by atoms with Crippen molar-refractivity contribution in [3.8, 4) is 0 Å². The molecular formula is C11H14O3. The molecule has 0 amide bonds. The summed E-state index contributed by atoms with van der Waals surface area (Å²) in [5.41, 5.74) is 1.17. The maximum absolute atomic E-state index is 11.4. The summed E-state index contributed by atoms with van der Waals surface area (Å²) >= 11 is 0. The Morgan fingerprint density at radius 2 is 1.93 bits per heavy atom. The fraction of sp³-hybridized carbons (Fsp3) is 0.455. The first-order valence-electron chi connectivity index (χ1n) is 4.73. The van der Waals surface area contributed by atoms with E-state index in [1.807, 2.05) is 13.0 Å². The first kappa shape index (κ1) is 10.7. The average Bonchev–Trinajstić information content (AvgIpc) is 2.17. The summed E-state index contributed by atoms with van der Waals surface area (Å²) in [4.78, 5) is 22.1. The molecule has 3 nitrogen and oxygen atoms in total. The Hall–Kier alpha value is -1.38. The maximum Gasteiger partial charge on any atom is 0.338 e. The van der Waals surface area contributed by atoms with Gasteiger partial charge in [-0.3, -0.25) is 4.79 Å². The molecule has 1 aliphatic carbocycles. The van der Waals surface area contributed by atoms with Crippen LogP contribution in [0.25, 0.3) is 0 Å². The number of carboxylic acids is 1. The van der Waals surface area contributed by atoms with E-state index in [0.717, 1.165) is 6.42 Å². The van der Waals surface area contributed by atoms with Crippen LogP contribution in [0.4, 0.5) is 0 Å². The largest absolute Gasteiger partial charge is 0.478 e. The molecule has 3 heteroatoms. The van der Waals surface area contributed by atoms with E-state index in [1.165, 1.54) is 11.6 Å². The van der Waals surface area contributed by atoms with Crippen molar-refractivity contribution in [3.63, 3.8) is 0 Å². The molecule has 0 spiro atoms. The molecule has 1 aliphatic rings. The lowest BCUT2D eigenvalue weighted by Crippen LogP contribution is -2.11. The van der Waals surface area contributed by atoms with Crippen LogP contribution >= 0.6 is 0 Å². The van der Waals surface area contributed by atoms with E-state index in [0.29, 0.717) is 19.3 Å². The van der Waals surface area contributed by atoms with E-state index in [1.54, 1.807) is 0 Å². The molecule has 76 valence electrons. The van der Waals surface area contributed by atoms with Crippen LogP contribution in [0.1, 0.15) is 32.6 Å². The Morgan fingerprint density at radius 3 is 2.57 bits per heavy atom. The van der Waals surface area contributed by atoms with E-state index < -0.39 is 5.97 Å². The predicted molar refractivity (Wildman–Crippen MR) is 53.0 cm³/mol. The number of carbonyl (C=O) groups excluding carboxylic acids is 1. The summed E-state index contributed by atoms with van der Waals surface area (Å²) in [6.07, 6.45) is 5.97. The lowest BCUT2D eigenvalue weighted by molar-refractivity contribution is -0.134. The highest BCUT2D eigenvalue weighted by atomic mass is 16.4. The Labute approximate surface area is 83.1 Å². The van der Waals surface area contributed by atoms with Gasteiger partial charge in [0.05, 0.1) is 5.57 Å². The van der Waals surface area contributed by atoms with Crippen LogP contribution in [0, 0.1) is 0 Å². The summed E-state index contributed by atoms with van der Waals surface area (Å²) in [6, 6.07) is 0. The molecule has 0 saturated carbocycles. The minimum Gasteiger partial charge on any atom is -0.478 e. The van der Waals surface area contributed by atoms with Gasteiger partial charge in [-0.2, -0.15) is 0 Å². The molecule has 0 atom stereocenters. The zero-order valence-corrected chi connectivity index (χ0v) is 8.25. The van der Waals surface area contributed by atoms with Gasteiger partial charge in [-0.1, -0.05) is 17.7 Å². The molecular weight excluding hydrogens is 180 g/mol. The smallest absolute Gasteiger partial charge is 0.338 e. The quantitative estimate of drug-likeness (QED) is 0.513. The lowest BCUT2D eigenvalue weighted by Gasteiger charge is -1.98. The SMILES string of the molecule is CC1=CCCC(=O)C(C(=O)O)=CCC1. The first-order chi connectivity index (χ1) is 6.61. The van der Waals surface area contributed by atoms with Crippen molar-refractivity contribution in [2.24, 2.45) is 0 Å². The topological polar surface area (TPSA) is 54.4 Å². The molecule has 0 radical (unpaired) electrons. The van der Waals surface area contributed by atoms with Gasteiger partial charge in [0.25, 0.3) is 0 Å². The number of Topliss-reactive ketones (excluding diaryl/α,β-unsaturated/α-hetero) is 1. The summed E-state index contributed by atoms with van der Waals surface area (Å²) in [5.74, 6) is -1.36. The molecule has 1 rings (SSSR count). The highest BCUT2D eigenvalue weighted by molar-refractivity contribution is 6.16. The monoisotopic (exact) mass is 194 g/mol. The van der Waals surface area contributed by atoms with Crippen molar-refractivity contribution in [2.75, 3.05) is 0 Å². The van der Waals surface area contributed by atoms with Crippen LogP contribution in [0.5, 0.6) is 0 Å². The van der Waals surface area contributed by atoms with Gasteiger partial charge in [0, 0.05) is 6.42 Å². The van der Waals surface area contributed by atoms with Crippen molar-refractivity contribution in [3.05, 3.63) is 23.3 Å². The lowest BCUT2D eigenvalue weighted by atomic mass is 10.1. The Bertz CT molecular complexity index is 310. The molecule has 0 bridgehead atoms. The van der Waals surface area contributed by atoms with Gasteiger partial charge in [0.15, 0.2) is 5.78 Å². The summed E-state index contributed by atoms with van der Waals surface area (Å²) in [7, 11) is 0. The second-order valence-electron chi connectivity index (χ2n) is 3.47. The number of carbonyl (C=O) groups is 2. The zero-order valence-electron chi connectivity index (χ0n) is 8.25. The zero-order chi connectivity index (χ0) is 10.6. The van der Waals surface area contributed by atoms with Gasteiger partial charge in [-0.25, -0.2) is 4.79 Å². The van der Waals surface area contributed by atoms with E-state index in [-0.39, 0.29) is 11.4 Å². The Balaban J connectivity index is 2.82. The summed E-state index contributed by atoms with van der Waals surface area (Å²) in [5, 5.41) is 8.78. The highest BCUT2D eigenvalue weighted by Crippen LogP contribution is 2.14. The number of carboxylic acid groups (broad SMARTS) is 1. The number of hydrogen-bond donors (Lipinski definition) is 1. The van der Waals surface area contributed by atoms with Crippen molar-refractivity contribution < 1.29 is 14.7 Å². The maximum atomic E-state index is 11.4. The minimum absolute atomic E-state index is 0.0481. The van der Waals surface area contributed by atoms with E-state index in [4.69, 9.17) is 5.11 Å². The predicted octanol–water partition coefficient (Wildman–Crippen LogP) is 2.09. The molecule has 0 aromatic heterocycles. The molecule has 1 N–H and O–H groups in total. The van der Waals surface area contributed by atoms with Gasteiger partial charge in [-0.15, -0.1) is 0 Å². The number of ketones is 1. The molecule has 0 aromatic rings. The third-order valence-corrected chi connectivity index (χ3v) is 2.28. The van der Waals surface area contributed by atoms with Crippen molar-refractivity contribution in [1.82, 2.24) is 0 Å². The van der Waals surface area contributed by atoms with Gasteiger partial charge in [-0.05, 0) is 26.2 Å². The first-order valence-corrected chi connectivity index (χ1v) is 4.73. The number of hydrogen-bond acceptors (Lipinski definition) is 2. The van der Waals surface area contributed by atoms with Gasteiger partial charge < -0.3 is 5.11 Å². The second kappa shape index (κ2) is 4.74. The minimum atomic E-state index is -1.10. The molecule has 0 aromatic carbocycles. The summed E-state index contributed by atoms with van der Waals surface area (Å²) < 4.78 is 0. The second-order valence-corrected chi connectivity index (χ2v) is 3.47. The molecule has 0 fully saturated rings. The fourth-order valence-electron chi connectivity index (χ4n) is 1.45. The standard InChI is InChI=1S/C11H14O3/c1-8-4-2-6-9(11(13)14)10(12)7-3-5-8/h5-6H,2-4,7H2,1H3,(H,13,14). The number of allylic oxidation sites excluding steroid dienone is 3. The third kappa shape index (κ3) is 2.83. The molecule has 0 unspecified atom stereocenters. The van der Waals surface area contributed by atoms with Crippen molar-refractivity contribution in [2.45, 2.75) is 32.6 Å². The van der Waals surface area contributed by atoms with Crippen molar-refractivity contribution in [1.29, 1.82) is 0 Å². The van der Waals surface area contributed by atoms with E-state index >= 15 is 0 Å². The van der Waals surface area contributed by atoms with Crippen LogP contribution < -0.4 is 0 Å². The van der Waals surface area contributed by atoms with Gasteiger partial charge in [0.2, 0.25) is 0 Å². The fourth-order valence-corrected chi connectivity index (χ4v) is 1.45. The van der Waals surface area contributed by atoms with E-state index in [9.17, 15) is 9.59 Å². The molecule has 0 saturated heterocycles. The van der Waals surface area contributed by atoms with Crippen LogP contribution in [-0.4, -0.2) is 16.9 Å². The van der Waals surface area contributed by atoms with E-state index in [2.05, 4.69) is 0 Å². The van der Waals surface area contributed by atoms with Crippen LogP contribution in [0.2, 0.25) is 0 Å². The Kier molecular flexibility index (Phi) is 3.63. The Morgan fingerprint density at radius 1 is 1.29 bits per heavy atom. The number of aliphatic carboxylic acids is 1. The van der Waals surface area contributed by atoms with Gasteiger partial charge >= 0.3 is 5.97 Å². The molecule has 0 aliphatic heterocycles. The van der Waals surface area contributed by atoms with Gasteiger partial charge in [0.1, 0.15) is 0 Å². The van der Waals surface area contributed by atoms with Crippen molar-refractivity contribution >= 4 is 11.8 Å². The summed E-state index contributed by atoms with van der Waals surface area (Å²) in [6.45, 7) is 2.00. The van der Waals surface area contributed by atoms with Crippen LogP contribution in [-0.2, 0) is 9.59 Å². The normalized spacial score (nSPS) is 18.8. The van der Waals surface area contributed by atoms with Crippen LogP contribution in [0.3, 0.4) is 0 Å².